The van der Waals surface area contributed by atoms with Crippen LogP contribution in [0, 0.1) is 18.6 Å². The lowest BCUT2D eigenvalue weighted by Crippen LogP contribution is -2.49. The number of anilines is 1. The highest BCUT2D eigenvalue weighted by atomic mass is 127. The maximum atomic E-state index is 13.8. The number of aromatic nitrogens is 1. The number of aryl methyl sites for hydroxylation is 1. The Hall–Kier alpha value is -1.97. The fraction of sp³-hybridized carbons (Fsp3) is 0.455. The van der Waals surface area contributed by atoms with E-state index in [9.17, 15) is 8.78 Å². The first kappa shape index (κ1) is 24.3. The van der Waals surface area contributed by atoms with Crippen LogP contribution in [0.1, 0.15) is 31.0 Å². The second-order valence-corrected chi connectivity index (χ2v) is 7.27. The van der Waals surface area contributed by atoms with Crippen LogP contribution in [0.5, 0.6) is 0 Å². The summed E-state index contributed by atoms with van der Waals surface area (Å²) in [4.78, 5) is 11.5. The number of nitrogens with one attached hydrogen (secondary N) is 2. The fourth-order valence-electron chi connectivity index (χ4n) is 3.50. The summed E-state index contributed by atoms with van der Waals surface area (Å²) in [6.07, 6.45) is 2.33. The molecule has 3 rings (SSSR count). The van der Waals surface area contributed by atoms with Crippen molar-refractivity contribution in [1.82, 2.24) is 15.6 Å². The smallest absolute Gasteiger partial charge is 0.191 e. The number of piperidine rings is 1. The summed E-state index contributed by atoms with van der Waals surface area (Å²) < 4.78 is 27.1. The molecular formula is C22H30F2IN5. The van der Waals surface area contributed by atoms with Gasteiger partial charge in [-0.1, -0.05) is 18.2 Å². The third kappa shape index (κ3) is 6.78. The summed E-state index contributed by atoms with van der Waals surface area (Å²) in [6.45, 7) is 7.01. The molecule has 2 aromatic rings. The van der Waals surface area contributed by atoms with E-state index in [4.69, 9.17) is 0 Å². The highest BCUT2D eigenvalue weighted by Gasteiger charge is 2.21. The van der Waals surface area contributed by atoms with E-state index in [0.29, 0.717) is 24.6 Å². The summed E-state index contributed by atoms with van der Waals surface area (Å²) in [6, 6.07) is 10.7. The Morgan fingerprint density at radius 2 is 1.90 bits per heavy atom. The van der Waals surface area contributed by atoms with Crippen LogP contribution in [-0.4, -0.2) is 43.2 Å². The van der Waals surface area contributed by atoms with Crippen molar-refractivity contribution in [2.24, 2.45) is 4.99 Å². The van der Waals surface area contributed by atoms with Crippen LogP contribution in [0.25, 0.3) is 0 Å². The van der Waals surface area contributed by atoms with Crippen molar-refractivity contribution in [1.29, 1.82) is 0 Å². The summed E-state index contributed by atoms with van der Waals surface area (Å²) in [5, 5.41) is 6.71. The number of benzene rings is 1. The van der Waals surface area contributed by atoms with Crippen LogP contribution in [0.4, 0.5) is 14.6 Å². The summed E-state index contributed by atoms with van der Waals surface area (Å²) in [7, 11) is 0. The zero-order valence-electron chi connectivity index (χ0n) is 17.5. The molecule has 1 aliphatic heterocycles. The Bertz CT molecular complexity index is 838. The molecule has 164 valence electrons. The molecule has 2 N–H and O–H groups in total. The van der Waals surface area contributed by atoms with E-state index in [-0.39, 0.29) is 24.0 Å². The average Bonchev–Trinajstić information content (AvgIpc) is 2.72. The second kappa shape index (κ2) is 12.0. The lowest BCUT2D eigenvalue weighted by Gasteiger charge is -2.34. The first-order chi connectivity index (χ1) is 14.1. The Kier molecular flexibility index (Phi) is 9.74. The topological polar surface area (TPSA) is 52.6 Å². The number of nitrogens with zero attached hydrogens (tertiary/aromatic N) is 3. The van der Waals surface area contributed by atoms with Gasteiger partial charge in [-0.2, -0.15) is 0 Å². The number of hydrogen-bond donors (Lipinski definition) is 2. The molecule has 0 unspecified atom stereocenters. The van der Waals surface area contributed by atoms with Gasteiger partial charge in [-0.05, 0) is 56.9 Å². The van der Waals surface area contributed by atoms with Crippen molar-refractivity contribution in [3.8, 4) is 0 Å². The van der Waals surface area contributed by atoms with Gasteiger partial charge in [0.2, 0.25) is 0 Å². The van der Waals surface area contributed by atoms with Crippen LogP contribution < -0.4 is 15.5 Å². The predicted octanol–water partition coefficient (Wildman–Crippen LogP) is 4.05. The van der Waals surface area contributed by atoms with Crippen LogP contribution in [0.15, 0.2) is 41.4 Å². The number of aliphatic imine (C=N–C) groups is 1. The molecule has 8 heteroatoms. The number of rotatable bonds is 6. The Balaban J connectivity index is 0.00000320. The molecule has 0 radical (unpaired) electrons. The van der Waals surface area contributed by atoms with Gasteiger partial charge < -0.3 is 15.5 Å². The van der Waals surface area contributed by atoms with E-state index in [1.165, 1.54) is 6.07 Å². The predicted molar refractivity (Wildman–Crippen MR) is 129 cm³/mol. The molecule has 0 bridgehead atoms. The summed E-state index contributed by atoms with van der Waals surface area (Å²) in [5.74, 6) is 0.154. The van der Waals surface area contributed by atoms with E-state index in [2.05, 4.69) is 31.6 Å². The van der Waals surface area contributed by atoms with Crippen molar-refractivity contribution in [3.05, 3.63) is 59.3 Å². The SMILES string of the molecule is CCNC(=NCCc1cccc(F)c1F)NC1CCN(c2cccc(C)n2)CC1.I. The molecule has 0 saturated carbocycles. The van der Waals surface area contributed by atoms with Crippen molar-refractivity contribution < 1.29 is 8.78 Å². The minimum absolute atomic E-state index is 0. The lowest BCUT2D eigenvalue weighted by atomic mass is 10.1. The molecule has 5 nitrogen and oxygen atoms in total. The fourth-order valence-corrected chi connectivity index (χ4v) is 3.50. The van der Waals surface area contributed by atoms with Gasteiger partial charge in [0.1, 0.15) is 5.82 Å². The first-order valence-electron chi connectivity index (χ1n) is 10.2. The minimum Gasteiger partial charge on any atom is -0.357 e. The monoisotopic (exact) mass is 529 g/mol. The number of hydrogen-bond acceptors (Lipinski definition) is 3. The molecule has 2 heterocycles. The van der Waals surface area contributed by atoms with Crippen LogP contribution in [-0.2, 0) is 6.42 Å². The second-order valence-electron chi connectivity index (χ2n) is 7.27. The van der Waals surface area contributed by atoms with Gasteiger partial charge in [0, 0.05) is 37.9 Å². The molecule has 1 fully saturated rings. The first-order valence-corrected chi connectivity index (χ1v) is 10.2. The molecule has 1 saturated heterocycles. The van der Waals surface area contributed by atoms with Gasteiger partial charge in [-0.3, -0.25) is 4.99 Å². The summed E-state index contributed by atoms with van der Waals surface area (Å²) in [5.41, 5.74) is 1.38. The zero-order valence-corrected chi connectivity index (χ0v) is 19.8. The molecule has 0 amide bonds. The Labute approximate surface area is 194 Å². The Morgan fingerprint density at radius 3 is 2.60 bits per heavy atom. The quantitative estimate of drug-likeness (QED) is 0.337. The van der Waals surface area contributed by atoms with Crippen molar-refractivity contribution in [3.63, 3.8) is 0 Å². The van der Waals surface area contributed by atoms with Gasteiger partial charge in [0.05, 0.1) is 0 Å². The maximum absolute atomic E-state index is 13.8. The van der Waals surface area contributed by atoms with E-state index < -0.39 is 11.6 Å². The molecule has 30 heavy (non-hydrogen) atoms. The molecule has 0 atom stereocenters. The van der Waals surface area contributed by atoms with Crippen molar-refractivity contribution in [2.75, 3.05) is 31.1 Å². The molecule has 0 aliphatic carbocycles. The minimum atomic E-state index is -0.814. The van der Waals surface area contributed by atoms with Gasteiger partial charge in [-0.15, -0.1) is 24.0 Å². The normalized spacial score (nSPS) is 14.9. The van der Waals surface area contributed by atoms with Crippen LogP contribution in [0.2, 0.25) is 0 Å². The molecule has 1 aromatic carbocycles. The van der Waals surface area contributed by atoms with Crippen molar-refractivity contribution in [2.45, 2.75) is 39.2 Å². The van der Waals surface area contributed by atoms with Crippen molar-refractivity contribution >= 4 is 35.8 Å². The van der Waals surface area contributed by atoms with E-state index >= 15 is 0 Å². The zero-order chi connectivity index (χ0) is 20.6. The molecular weight excluding hydrogens is 499 g/mol. The van der Waals surface area contributed by atoms with E-state index in [0.717, 1.165) is 56.0 Å². The van der Waals surface area contributed by atoms with Gasteiger partial charge in [0.15, 0.2) is 17.6 Å². The van der Waals surface area contributed by atoms with E-state index in [1.807, 2.05) is 26.0 Å². The molecule has 1 aromatic heterocycles. The van der Waals surface area contributed by atoms with Crippen LogP contribution in [0.3, 0.4) is 0 Å². The number of guanidine groups is 1. The third-order valence-corrected chi connectivity index (χ3v) is 5.06. The van der Waals surface area contributed by atoms with Gasteiger partial charge >= 0.3 is 0 Å². The third-order valence-electron chi connectivity index (χ3n) is 5.06. The number of pyridine rings is 1. The standard InChI is InChI=1S/C22H29F2N5.HI/c1-3-25-22(26-13-10-17-7-5-8-19(23)21(17)24)28-18-11-14-29(15-12-18)20-9-4-6-16(2)27-20;/h4-9,18H,3,10-15H2,1-2H3,(H2,25,26,28);1H. The largest absolute Gasteiger partial charge is 0.357 e. The summed E-state index contributed by atoms with van der Waals surface area (Å²) >= 11 is 0. The maximum Gasteiger partial charge on any atom is 0.191 e. The van der Waals surface area contributed by atoms with Gasteiger partial charge in [0.25, 0.3) is 0 Å². The molecule has 0 spiro atoms. The number of halogens is 3. The Morgan fingerprint density at radius 1 is 1.17 bits per heavy atom. The highest BCUT2D eigenvalue weighted by molar-refractivity contribution is 14.0. The highest BCUT2D eigenvalue weighted by Crippen LogP contribution is 2.18. The van der Waals surface area contributed by atoms with Crippen LogP contribution >= 0.6 is 24.0 Å². The van der Waals surface area contributed by atoms with E-state index in [1.54, 1.807) is 6.07 Å². The molecule has 1 aliphatic rings. The van der Waals surface area contributed by atoms with Gasteiger partial charge in [-0.25, -0.2) is 13.8 Å². The average molecular weight is 529 g/mol. The lowest BCUT2D eigenvalue weighted by molar-refractivity contribution is 0.459.